The van der Waals surface area contributed by atoms with Crippen LogP contribution in [-0.4, -0.2) is 16.2 Å². The summed E-state index contributed by atoms with van der Waals surface area (Å²) in [6.07, 6.45) is 8.26. The highest BCUT2D eigenvalue weighted by atomic mass is 16.5. The molecule has 4 unspecified atom stereocenters. The van der Waals surface area contributed by atoms with Crippen molar-refractivity contribution in [2.24, 2.45) is 17.6 Å². The van der Waals surface area contributed by atoms with Crippen LogP contribution < -0.4 is 5.73 Å². The fourth-order valence-corrected chi connectivity index (χ4v) is 3.76. The summed E-state index contributed by atoms with van der Waals surface area (Å²) < 4.78 is 5.36. The van der Waals surface area contributed by atoms with E-state index in [0.717, 1.165) is 42.8 Å². The molecule has 1 aromatic heterocycles. The van der Waals surface area contributed by atoms with Crippen LogP contribution in [0.4, 0.5) is 0 Å². The molecule has 0 amide bonds. The quantitative estimate of drug-likeness (QED) is 0.871. The van der Waals surface area contributed by atoms with E-state index in [1.165, 1.54) is 25.7 Å². The van der Waals surface area contributed by atoms with Crippen molar-refractivity contribution in [3.8, 4) is 0 Å². The summed E-state index contributed by atoms with van der Waals surface area (Å²) in [5.74, 6) is 3.97. The van der Waals surface area contributed by atoms with Crippen LogP contribution in [0, 0.1) is 11.8 Å². The first-order valence-electron chi connectivity index (χ1n) is 7.34. The third kappa shape index (κ3) is 2.30. The molecule has 1 heterocycles. The van der Waals surface area contributed by atoms with Gasteiger partial charge in [-0.2, -0.15) is 4.98 Å². The molecule has 2 aliphatic carbocycles. The van der Waals surface area contributed by atoms with Crippen LogP contribution in [0.2, 0.25) is 0 Å². The van der Waals surface area contributed by atoms with Gasteiger partial charge in [0.25, 0.3) is 0 Å². The van der Waals surface area contributed by atoms with Gasteiger partial charge in [-0.15, -0.1) is 0 Å². The number of nitrogens with zero attached hydrogens (tertiary/aromatic N) is 2. The second kappa shape index (κ2) is 5.00. The molecule has 4 atom stereocenters. The van der Waals surface area contributed by atoms with Gasteiger partial charge >= 0.3 is 0 Å². The molecular weight excluding hydrogens is 226 g/mol. The van der Waals surface area contributed by atoms with Crippen molar-refractivity contribution in [1.82, 2.24) is 10.1 Å². The maximum atomic E-state index is 6.01. The van der Waals surface area contributed by atoms with Crippen LogP contribution in [0.5, 0.6) is 0 Å². The zero-order valence-corrected chi connectivity index (χ0v) is 11.1. The first kappa shape index (κ1) is 12.2. The van der Waals surface area contributed by atoms with Gasteiger partial charge in [-0.1, -0.05) is 24.9 Å². The number of nitrogens with two attached hydrogens (primary N) is 1. The Bertz CT molecular complexity index is 403. The van der Waals surface area contributed by atoms with E-state index in [0.29, 0.717) is 5.92 Å². The van der Waals surface area contributed by atoms with Crippen molar-refractivity contribution in [2.75, 3.05) is 0 Å². The molecule has 4 nitrogen and oxygen atoms in total. The van der Waals surface area contributed by atoms with Crippen LogP contribution in [0.1, 0.15) is 63.1 Å². The first-order valence-corrected chi connectivity index (χ1v) is 7.34. The Morgan fingerprint density at radius 1 is 1.39 bits per heavy atom. The van der Waals surface area contributed by atoms with E-state index in [-0.39, 0.29) is 6.04 Å². The van der Waals surface area contributed by atoms with Gasteiger partial charge in [-0.3, -0.25) is 0 Å². The van der Waals surface area contributed by atoms with Crippen molar-refractivity contribution in [3.05, 3.63) is 11.7 Å². The van der Waals surface area contributed by atoms with Crippen molar-refractivity contribution >= 4 is 0 Å². The van der Waals surface area contributed by atoms with E-state index in [1.54, 1.807) is 0 Å². The lowest BCUT2D eigenvalue weighted by molar-refractivity contribution is 0.345. The summed E-state index contributed by atoms with van der Waals surface area (Å²) in [5, 5.41) is 4.19. The molecule has 0 aliphatic heterocycles. The molecule has 2 N–H and O–H groups in total. The average molecular weight is 249 g/mol. The zero-order valence-electron chi connectivity index (χ0n) is 11.1. The molecule has 1 aromatic rings. The molecule has 3 rings (SSSR count). The van der Waals surface area contributed by atoms with Gasteiger partial charge < -0.3 is 10.3 Å². The fraction of sp³-hybridized carbons (Fsp3) is 0.857. The first-order chi connectivity index (χ1) is 8.76. The van der Waals surface area contributed by atoms with Gasteiger partial charge in [0.15, 0.2) is 5.82 Å². The standard InChI is InChI=1S/C14H23N3O/c1-2-3-11(15)8-13-16-14(17-18-13)12-7-9-4-5-10(12)6-9/h9-12H,2-8,15H2,1H3. The van der Waals surface area contributed by atoms with E-state index < -0.39 is 0 Å². The molecule has 0 spiro atoms. The van der Waals surface area contributed by atoms with Gasteiger partial charge in [0.1, 0.15) is 0 Å². The van der Waals surface area contributed by atoms with Gasteiger partial charge in [0.2, 0.25) is 5.89 Å². The maximum Gasteiger partial charge on any atom is 0.228 e. The molecule has 2 bridgehead atoms. The van der Waals surface area contributed by atoms with Gasteiger partial charge in [0.05, 0.1) is 0 Å². The predicted octanol–water partition coefficient (Wildman–Crippen LogP) is 2.64. The molecule has 100 valence electrons. The Morgan fingerprint density at radius 2 is 2.28 bits per heavy atom. The second-order valence-electron chi connectivity index (χ2n) is 6.08. The van der Waals surface area contributed by atoms with E-state index in [1.807, 2.05) is 0 Å². The lowest BCUT2D eigenvalue weighted by atomic mass is 9.88. The third-order valence-corrected chi connectivity index (χ3v) is 4.65. The normalized spacial score (nSPS) is 32.0. The monoisotopic (exact) mass is 249 g/mol. The zero-order chi connectivity index (χ0) is 12.5. The van der Waals surface area contributed by atoms with Gasteiger partial charge in [-0.05, 0) is 37.5 Å². The summed E-state index contributed by atoms with van der Waals surface area (Å²) in [4.78, 5) is 4.58. The van der Waals surface area contributed by atoms with E-state index in [9.17, 15) is 0 Å². The molecule has 2 saturated carbocycles. The highest BCUT2D eigenvalue weighted by molar-refractivity contribution is 5.06. The average Bonchev–Trinajstić information content (AvgIpc) is 3.03. The van der Waals surface area contributed by atoms with Crippen LogP contribution >= 0.6 is 0 Å². The van der Waals surface area contributed by atoms with Crippen molar-refractivity contribution in [1.29, 1.82) is 0 Å². The molecule has 2 fully saturated rings. The maximum absolute atomic E-state index is 6.01. The minimum atomic E-state index is 0.156. The topological polar surface area (TPSA) is 64.9 Å². The Kier molecular flexibility index (Phi) is 3.37. The van der Waals surface area contributed by atoms with Gasteiger partial charge in [0, 0.05) is 18.4 Å². The lowest BCUT2D eigenvalue weighted by Crippen LogP contribution is -2.22. The van der Waals surface area contributed by atoms with Gasteiger partial charge in [-0.25, -0.2) is 0 Å². The van der Waals surface area contributed by atoms with Crippen LogP contribution in [0.3, 0.4) is 0 Å². The van der Waals surface area contributed by atoms with Crippen LogP contribution in [0.25, 0.3) is 0 Å². The van der Waals surface area contributed by atoms with E-state index >= 15 is 0 Å². The Labute approximate surface area is 108 Å². The fourth-order valence-electron chi connectivity index (χ4n) is 3.76. The minimum absolute atomic E-state index is 0.156. The Balaban J connectivity index is 1.63. The predicted molar refractivity (Wildman–Crippen MR) is 69.1 cm³/mol. The Hall–Kier alpha value is -0.900. The third-order valence-electron chi connectivity index (χ3n) is 4.65. The summed E-state index contributed by atoms with van der Waals surface area (Å²) >= 11 is 0. The number of fused-ring (bicyclic) bond motifs is 2. The molecule has 4 heteroatoms. The highest BCUT2D eigenvalue weighted by Gasteiger charge is 2.42. The van der Waals surface area contributed by atoms with Crippen molar-refractivity contribution < 1.29 is 4.52 Å². The summed E-state index contributed by atoms with van der Waals surface area (Å²) in [7, 11) is 0. The lowest BCUT2D eigenvalue weighted by Gasteiger charge is -2.17. The smallest absolute Gasteiger partial charge is 0.228 e. The molecule has 0 saturated heterocycles. The van der Waals surface area contributed by atoms with E-state index in [4.69, 9.17) is 10.3 Å². The van der Waals surface area contributed by atoms with E-state index in [2.05, 4.69) is 17.1 Å². The van der Waals surface area contributed by atoms with Crippen molar-refractivity contribution in [3.63, 3.8) is 0 Å². The summed E-state index contributed by atoms with van der Waals surface area (Å²) in [5.41, 5.74) is 6.01. The molecule has 2 aliphatic rings. The number of hydrogen-bond acceptors (Lipinski definition) is 4. The molecule has 0 radical (unpaired) electrons. The Morgan fingerprint density at radius 3 is 2.94 bits per heavy atom. The summed E-state index contributed by atoms with van der Waals surface area (Å²) in [6.45, 7) is 2.15. The molecule has 0 aromatic carbocycles. The van der Waals surface area contributed by atoms with Crippen LogP contribution in [-0.2, 0) is 6.42 Å². The minimum Gasteiger partial charge on any atom is -0.339 e. The largest absolute Gasteiger partial charge is 0.339 e. The highest BCUT2D eigenvalue weighted by Crippen LogP contribution is 2.52. The molecular formula is C14H23N3O. The number of aromatic nitrogens is 2. The van der Waals surface area contributed by atoms with Crippen molar-refractivity contribution in [2.45, 2.75) is 63.8 Å². The SMILES string of the molecule is CCCC(N)Cc1nc(C2CC3CCC2C3)no1. The molecule has 18 heavy (non-hydrogen) atoms. The number of hydrogen-bond donors (Lipinski definition) is 1. The second-order valence-corrected chi connectivity index (χ2v) is 6.08. The number of rotatable bonds is 5. The van der Waals surface area contributed by atoms with Crippen LogP contribution in [0.15, 0.2) is 4.52 Å². The summed E-state index contributed by atoms with van der Waals surface area (Å²) in [6, 6.07) is 0.156.